The first-order chi connectivity index (χ1) is 12.6. The summed E-state index contributed by atoms with van der Waals surface area (Å²) in [6.07, 6.45) is 0. The Morgan fingerprint density at radius 1 is 1.12 bits per heavy atom. The highest BCUT2D eigenvalue weighted by Gasteiger charge is 2.11. The van der Waals surface area contributed by atoms with Gasteiger partial charge in [0.2, 0.25) is 5.13 Å². The van der Waals surface area contributed by atoms with E-state index in [-0.39, 0.29) is 6.61 Å². The summed E-state index contributed by atoms with van der Waals surface area (Å²) in [7, 11) is 1.54. The molecule has 0 aliphatic heterocycles. The molecule has 9 heteroatoms. The Kier molecular flexibility index (Phi) is 5.88. The van der Waals surface area contributed by atoms with Crippen LogP contribution in [0, 0.1) is 0 Å². The molecule has 3 rings (SSSR count). The number of hydrogen-bond acceptors (Lipinski definition) is 6. The summed E-state index contributed by atoms with van der Waals surface area (Å²) in [6.45, 7) is 0.245. The van der Waals surface area contributed by atoms with E-state index < -0.39 is 6.03 Å². The van der Waals surface area contributed by atoms with E-state index in [1.54, 1.807) is 42.5 Å². The van der Waals surface area contributed by atoms with Crippen molar-refractivity contribution in [3.8, 4) is 11.5 Å². The van der Waals surface area contributed by atoms with Gasteiger partial charge in [-0.3, -0.25) is 5.32 Å². The van der Waals surface area contributed by atoms with E-state index in [0.717, 1.165) is 0 Å². The lowest BCUT2D eigenvalue weighted by atomic mass is 10.3. The summed E-state index contributed by atoms with van der Waals surface area (Å²) < 4.78 is 10.8. The lowest BCUT2D eigenvalue weighted by molar-refractivity contribution is 0.262. The molecule has 0 radical (unpaired) electrons. The van der Waals surface area contributed by atoms with E-state index in [4.69, 9.17) is 21.1 Å². The predicted molar refractivity (Wildman–Crippen MR) is 101 cm³/mol. The van der Waals surface area contributed by atoms with Gasteiger partial charge in [0, 0.05) is 5.02 Å². The van der Waals surface area contributed by atoms with Crippen LogP contribution in [0.2, 0.25) is 5.02 Å². The van der Waals surface area contributed by atoms with E-state index in [0.29, 0.717) is 32.3 Å². The number of hydrogen-bond donors (Lipinski definition) is 2. The number of rotatable bonds is 6. The van der Waals surface area contributed by atoms with Crippen LogP contribution in [0.15, 0.2) is 48.5 Å². The number of amides is 2. The zero-order valence-corrected chi connectivity index (χ0v) is 15.3. The van der Waals surface area contributed by atoms with Gasteiger partial charge in [0.15, 0.2) is 5.01 Å². The largest absolute Gasteiger partial charge is 0.495 e. The first kappa shape index (κ1) is 18.0. The SMILES string of the molecule is COc1ccccc1NC(=O)Nc1nnc(COc2ccc(Cl)cc2)s1. The van der Waals surface area contributed by atoms with Gasteiger partial charge in [-0.1, -0.05) is 35.1 Å². The molecule has 2 aromatic carbocycles. The number of nitrogens with zero attached hydrogens (tertiary/aromatic N) is 2. The Labute approximate surface area is 158 Å². The van der Waals surface area contributed by atoms with Gasteiger partial charge in [-0.2, -0.15) is 0 Å². The number of ether oxygens (including phenoxy) is 2. The highest BCUT2D eigenvalue weighted by atomic mass is 35.5. The van der Waals surface area contributed by atoms with E-state index in [1.165, 1.54) is 18.4 Å². The number of nitrogens with one attached hydrogen (secondary N) is 2. The molecule has 2 amide bonds. The van der Waals surface area contributed by atoms with Crippen LogP contribution in [0.3, 0.4) is 0 Å². The second-order valence-corrected chi connectivity index (χ2v) is 6.52. The highest BCUT2D eigenvalue weighted by molar-refractivity contribution is 7.15. The number of benzene rings is 2. The minimum absolute atomic E-state index is 0.245. The van der Waals surface area contributed by atoms with Crippen LogP contribution in [0.1, 0.15) is 5.01 Å². The summed E-state index contributed by atoms with van der Waals surface area (Å²) in [5, 5.41) is 14.9. The predicted octanol–water partition coefficient (Wildman–Crippen LogP) is 4.42. The van der Waals surface area contributed by atoms with Crippen molar-refractivity contribution in [1.29, 1.82) is 0 Å². The van der Waals surface area contributed by atoms with E-state index >= 15 is 0 Å². The standard InChI is InChI=1S/C17H15ClN4O3S/c1-24-14-5-3-2-4-13(14)19-16(23)20-17-22-21-15(26-17)10-25-12-8-6-11(18)7-9-12/h2-9H,10H2,1H3,(H2,19,20,22,23). The quantitative estimate of drug-likeness (QED) is 0.650. The van der Waals surface area contributed by atoms with E-state index in [2.05, 4.69) is 20.8 Å². The molecule has 0 fully saturated rings. The molecule has 0 aliphatic carbocycles. The van der Waals surface area contributed by atoms with Crippen LogP contribution in [-0.4, -0.2) is 23.3 Å². The molecular weight excluding hydrogens is 376 g/mol. The Hall–Kier alpha value is -2.84. The minimum atomic E-state index is -0.434. The monoisotopic (exact) mass is 390 g/mol. The summed E-state index contributed by atoms with van der Waals surface area (Å²) in [6, 6.07) is 13.7. The van der Waals surface area contributed by atoms with Crippen molar-refractivity contribution in [2.45, 2.75) is 6.61 Å². The summed E-state index contributed by atoms with van der Waals surface area (Å²) in [5.41, 5.74) is 0.559. The zero-order chi connectivity index (χ0) is 18.4. The Morgan fingerprint density at radius 3 is 2.65 bits per heavy atom. The maximum atomic E-state index is 12.1. The lowest BCUT2D eigenvalue weighted by Gasteiger charge is -2.09. The molecule has 1 heterocycles. The van der Waals surface area contributed by atoms with Gasteiger partial charge in [-0.05, 0) is 36.4 Å². The van der Waals surface area contributed by atoms with E-state index in [9.17, 15) is 4.79 Å². The second kappa shape index (κ2) is 8.50. The van der Waals surface area contributed by atoms with Crippen LogP contribution in [0.5, 0.6) is 11.5 Å². The highest BCUT2D eigenvalue weighted by Crippen LogP contribution is 2.24. The molecule has 0 saturated heterocycles. The summed E-state index contributed by atoms with van der Waals surface area (Å²) in [4.78, 5) is 12.1. The number of aromatic nitrogens is 2. The molecule has 0 unspecified atom stereocenters. The first-order valence-corrected chi connectivity index (χ1v) is 8.75. The molecule has 7 nitrogen and oxygen atoms in total. The van der Waals surface area contributed by atoms with Crippen LogP contribution in [-0.2, 0) is 6.61 Å². The number of methoxy groups -OCH3 is 1. The molecule has 0 atom stereocenters. The average Bonchev–Trinajstić information content (AvgIpc) is 3.09. The maximum absolute atomic E-state index is 12.1. The normalized spacial score (nSPS) is 10.2. The molecule has 0 bridgehead atoms. The fourth-order valence-electron chi connectivity index (χ4n) is 2.04. The number of carbonyl (C=O) groups is 1. The number of anilines is 2. The van der Waals surface area contributed by atoms with Crippen LogP contribution >= 0.6 is 22.9 Å². The number of halogens is 1. The van der Waals surface area contributed by atoms with Crippen LogP contribution < -0.4 is 20.1 Å². The second-order valence-electron chi connectivity index (χ2n) is 5.02. The Bertz CT molecular complexity index is 886. The van der Waals surface area contributed by atoms with Gasteiger partial charge < -0.3 is 14.8 Å². The van der Waals surface area contributed by atoms with Gasteiger partial charge in [0.05, 0.1) is 12.8 Å². The Morgan fingerprint density at radius 2 is 1.88 bits per heavy atom. The molecule has 0 aliphatic rings. The van der Waals surface area contributed by atoms with Gasteiger partial charge in [-0.15, -0.1) is 10.2 Å². The van der Waals surface area contributed by atoms with Gasteiger partial charge in [-0.25, -0.2) is 4.79 Å². The van der Waals surface area contributed by atoms with Crippen LogP contribution in [0.25, 0.3) is 0 Å². The fourth-order valence-corrected chi connectivity index (χ4v) is 2.81. The van der Waals surface area contributed by atoms with E-state index in [1.807, 2.05) is 6.07 Å². The summed E-state index contributed by atoms with van der Waals surface area (Å²) >= 11 is 7.06. The van der Waals surface area contributed by atoms with Crippen molar-refractivity contribution in [3.63, 3.8) is 0 Å². The third kappa shape index (κ3) is 4.84. The molecular formula is C17H15ClN4O3S. The maximum Gasteiger partial charge on any atom is 0.325 e. The number of urea groups is 1. The van der Waals surface area contributed by atoms with Crippen molar-refractivity contribution in [1.82, 2.24) is 10.2 Å². The van der Waals surface area contributed by atoms with Gasteiger partial charge >= 0.3 is 6.03 Å². The third-order valence-corrected chi connectivity index (χ3v) is 4.28. The van der Waals surface area contributed by atoms with Crippen molar-refractivity contribution >= 4 is 39.8 Å². The zero-order valence-electron chi connectivity index (χ0n) is 13.7. The number of para-hydroxylation sites is 2. The molecule has 134 valence electrons. The number of carbonyl (C=O) groups excluding carboxylic acids is 1. The summed E-state index contributed by atoms with van der Waals surface area (Å²) in [5.74, 6) is 1.24. The van der Waals surface area contributed by atoms with Gasteiger partial charge in [0.25, 0.3) is 0 Å². The van der Waals surface area contributed by atoms with Crippen molar-refractivity contribution in [3.05, 3.63) is 58.6 Å². The molecule has 1 aromatic heterocycles. The Balaban J connectivity index is 1.54. The molecule has 0 saturated carbocycles. The lowest BCUT2D eigenvalue weighted by Crippen LogP contribution is -2.19. The minimum Gasteiger partial charge on any atom is -0.495 e. The molecule has 0 spiro atoms. The smallest absolute Gasteiger partial charge is 0.325 e. The first-order valence-electron chi connectivity index (χ1n) is 7.56. The van der Waals surface area contributed by atoms with Crippen molar-refractivity contribution < 1.29 is 14.3 Å². The average molecular weight is 391 g/mol. The topological polar surface area (TPSA) is 85.4 Å². The molecule has 2 N–H and O–H groups in total. The van der Waals surface area contributed by atoms with Crippen molar-refractivity contribution in [2.24, 2.45) is 0 Å². The molecule has 3 aromatic rings. The van der Waals surface area contributed by atoms with Crippen molar-refractivity contribution in [2.75, 3.05) is 17.7 Å². The third-order valence-electron chi connectivity index (χ3n) is 3.22. The molecule has 26 heavy (non-hydrogen) atoms. The fraction of sp³-hybridized carbons (Fsp3) is 0.118. The van der Waals surface area contributed by atoms with Gasteiger partial charge in [0.1, 0.15) is 18.1 Å². The van der Waals surface area contributed by atoms with Crippen LogP contribution in [0.4, 0.5) is 15.6 Å².